The number of fused-ring (bicyclic) bond motifs is 1. The number of benzene rings is 2. The van der Waals surface area contributed by atoms with E-state index in [1.54, 1.807) is 25.6 Å². The van der Waals surface area contributed by atoms with Crippen LogP contribution in [-0.4, -0.2) is 23.0 Å². The Balaban J connectivity index is 1.57. The van der Waals surface area contributed by atoms with Gasteiger partial charge in [-0.1, -0.05) is 18.2 Å². The summed E-state index contributed by atoms with van der Waals surface area (Å²) >= 11 is 1.47. The molecule has 29 heavy (non-hydrogen) atoms. The smallest absolute Gasteiger partial charge is 0.291 e. The number of hydrogen-bond donors (Lipinski definition) is 1. The van der Waals surface area contributed by atoms with Gasteiger partial charge < -0.3 is 14.5 Å². The van der Waals surface area contributed by atoms with Crippen LogP contribution in [0.2, 0.25) is 0 Å². The fourth-order valence-electron chi connectivity index (χ4n) is 3.03. The van der Waals surface area contributed by atoms with Crippen molar-refractivity contribution >= 4 is 34.3 Å². The Morgan fingerprint density at radius 3 is 2.69 bits per heavy atom. The number of aryl methyl sites for hydroxylation is 1. The van der Waals surface area contributed by atoms with Gasteiger partial charge in [0.2, 0.25) is 0 Å². The van der Waals surface area contributed by atoms with Gasteiger partial charge in [0, 0.05) is 41.0 Å². The van der Waals surface area contributed by atoms with Crippen molar-refractivity contribution in [1.29, 1.82) is 0 Å². The van der Waals surface area contributed by atoms with Crippen molar-refractivity contribution in [2.24, 2.45) is 0 Å². The van der Waals surface area contributed by atoms with E-state index in [1.165, 1.54) is 11.8 Å². The van der Waals surface area contributed by atoms with Gasteiger partial charge in [-0.2, -0.15) is 0 Å². The van der Waals surface area contributed by atoms with E-state index in [-0.39, 0.29) is 11.7 Å². The minimum Gasteiger partial charge on any atom is -0.451 e. The van der Waals surface area contributed by atoms with Gasteiger partial charge in [-0.05, 0) is 54.6 Å². The molecular formula is C22H19N3O3S. The number of ether oxygens (including phenoxy) is 1. The number of nitrogens with zero attached hydrogens (tertiary/aromatic N) is 2. The molecule has 0 atom stereocenters. The van der Waals surface area contributed by atoms with Crippen LogP contribution >= 0.6 is 11.8 Å². The third-order valence-corrected chi connectivity index (χ3v) is 5.27. The molecule has 7 heteroatoms. The average Bonchev–Trinajstić information content (AvgIpc) is 3.10. The van der Waals surface area contributed by atoms with Gasteiger partial charge in [-0.15, -0.1) is 0 Å². The first-order chi connectivity index (χ1) is 14.2. The topological polar surface area (TPSA) is 77.2 Å². The molecule has 0 aliphatic rings. The predicted molar refractivity (Wildman–Crippen MR) is 112 cm³/mol. The lowest BCUT2D eigenvalue weighted by Crippen LogP contribution is -2.14. The fraction of sp³-hybridized carbons (Fsp3) is 0.136. The first-order valence-corrected chi connectivity index (χ1v) is 9.83. The predicted octanol–water partition coefficient (Wildman–Crippen LogP) is 5.08. The summed E-state index contributed by atoms with van der Waals surface area (Å²) in [6, 6.07) is 15.1. The Morgan fingerprint density at radius 2 is 1.93 bits per heavy atom. The summed E-state index contributed by atoms with van der Waals surface area (Å²) in [5.41, 5.74) is 3.06. The van der Waals surface area contributed by atoms with E-state index < -0.39 is 0 Å². The lowest BCUT2D eigenvalue weighted by atomic mass is 10.1. The number of carbonyl (C=O) groups is 1. The molecule has 0 aliphatic heterocycles. The van der Waals surface area contributed by atoms with Crippen LogP contribution in [0.1, 0.15) is 21.7 Å². The lowest BCUT2D eigenvalue weighted by molar-refractivity contribution is 0.0992. The highest BCUT2D eigenvalue weighted by Crippen LogP contribution is 2.30. The zero-order valence-corrected chi connectivity index (χ0v) is 16.8. The molecule has 0 saturated carbocycles. The monoisotopic (exact) mass is 405 g/mol. The van der Waals surface area contributed by atoms with E-state index in [4.69, 9.17) is 9.15 Å². The summed E-state index contributed by atoms with van der Waals surface area (Å²) in [6.07, 6.45) is 3.42. The molecule has 146 valence electrons. The molecule has 0 fully saturated rings. The third kappa shape index (κ3) is 4.16. The van der Waals surface area contributed by atoms with E-state index in [9.17, 15) is 4.79 Å². The maximum Gasteiger partial charge on any atom is 0.291 e. The summed E-state index contributed by atoms with van der Waals surface area (Å²) in [6.45, 7) is 2.24. The van der Waals surface area contributed by atoms with Gasteiger partial charge in [0.1, 0.15) is 5.58 Å². The van der Waals surface area contributed by atoms with E-state index in [1.807, 2.05) is 49.4 Å². The molecule has 0 unspecified atom stereocenters. The molecule has 4 rings (SSSR count). The number of rotatable bonds is 6. The number of nitrogens with one attached hydrogen (secondary N) is 1. The largest absolute Gasteiger partial charge is 0.451 e. The number of anilines is 1. The van der Waals surface area contributed by atoms with Crippen LogP contribution < -0.4 is 5.32 Å². The third-order valence-electron chi connectivity index (χ3n) is 4.39. The zero-order chi connectivity index (χ0) is 20.2. The summed E-state index contributed by atoms with van der Waals surface area (Å²) in [7, 11) is 1.60. The molecule has 0 spiro atoms. The van der Waals surface area contributed by atoms with E-state index >= 15 is 0 Å². The quantitative estimate of drug-likeness (QED) is 0.451. The number of carbonyl (C=O) groups excluding carboxylic acids is 1. The van der Waals surface area contributed by atoms with Crippen LogP contribution in [0.5, 0.6) is 0 Å². The molecule has 2 heterocycles. The highest BCUT2D eigenvalue weighted by Gasteiger charge is 2.21. The Labute approximate surface area is 172 Å². The highest BCUT2D eigenvalue weighted by atomic mass is 32.2. The molecule has 0 saturated heterocycles. The number of amides is 1. The van der Waals surface area contributed by atoms with Crippen LogP contribution in [-0.2, 0) is 11.3 Å². The van der Waals surface area contributed by atoms with Crippen LogP contribution in [0.4, 0.5) is 5.69 Å². The van der Waals surface area contributed by atoms with Crippen molar-refractivity contribution in [3.63, 3.8) is 0 Å². The van der Waals surface area contributed by atoms with Gasteiger partial charge in [0.05, 0.1) is 6.61 Å². The number of methoxy groups -OCH3 is 1. The van der Waals surface area contributed by atoms with E-state index in [0.29, 0.717) is 17.3 Å². The van der Waals surface area contributed by atoms with Crippen LogP contribution in [0, 0.1) is 6.92 Å². The van der Waals surface area contributed by atoms with Gasteiger partial charge in [0.15, 0.2) is 10.9 Å². The van der Waals surface area contributed by atoms with Crippen molar-refractivity contribution in [3.8, 4) is 0 Å². The van der Waals surface area contributed by atoms with Crippen molar-refractivity contribution in [1.82, 2.24) is 9.97 Å². The van der Waals surface area contributed by atoms with Crippen molar-refractivity contribution < 1.29 is 13.9 Å². The lowest BCUT2D eigenvalue weighted by Gasteiger charge is -2.10. The highest BCUT2D eigenvalue weighted by molar-refractivity contribution is 7.99. The molecule has 1 amide bonds. The van der Waals surface area contributed by atoms with Gasteiger partial charge in [0.25, 0.3) is 5.91 Å². The molecule has 2 aromatic heterocycles. The van der Waals surface area contributed by atoms with E-state index in [2.05, 4.69) is 15.3 Å². The second kappa shape index (κ2) is 8.46. The van der Waals surface area contributed by atoms with Gasteiger partial charge in [-0.3, -0.25) is 4.79 Å². The molecular weight excluding hydrogens is 386 g/mol. The Kier molecular flexibility index (Phi) is 5.59. The fourth-order valence-corrected chi connectivity index (χ4v) is 3.84. The average molecular weight is 405 g/mol. The molecule has 2 aromatic carbocycles. The molecule has 1 N–H and O–H groups in total. The van der Waals surface area contributed by atoms with Crippen molar-refractivity contribution in [2.45, 2.75) is 23.6 Å². The van der Waals surface area contributed by atoms with Gasteiger partial charge >= 0.3 is 0 Å². The van der Waals surface area contributed by atoms with Crippen LogP contribution in [0.3, 0.4) is 0 Å². The van der Waals surface area contributed by atoms with Crippen molar-refractivity contribution in [2.75, 3.05) is 12.4 Å². The number of hydrogen-bond acceptors (Lipinski definition) is 6. The normalized spacial score (nSPS) is 11.0. The zero-order valence-electron chi connectivity index (χ0n) is 16.0. The summed E-state index contributed by atoms with van der Waals surface area (Å²) in [5, 5.41) is 4.51. The number of furan rings is 1. The summed E-state index contributed by atoms with van der Waals surface area (Å²) in [5.74, 6) is -0.0354. The van der Waals surface area contributed by atoms with E-state index in [0.717, 1.165) is 27.1 Å². The number of aromatic nitrogens is 2. The van der Waals surface area contributed by atoms with Crippen LogP contribution in [0.25, 0.3) is 11.0 Å². The summed E-state index contributed by atoms with van der Waals surface area (Å²) in [4.78, 5) is 22.4. The minimum atomic E-state index is -0.303. The summed E-state index contributed by atoms with van der Waals surface area (Å²) < 4.78 is 11.1. The van der Waals surface area contributed by atoms with Crippen LogP contribution in [0.15, 0.2) is 75.4 Å². The maximum absolute atomic E-state index is 12.9. The second-order valence-electron chi connectivity index (χ2n) is 6.40. The SMILES string of the molecule is COCc1c(C(=O)Nc2ccc(Sc3ncccn3)cc2C)oc2ccccc12. The first kappa shape index (κ1) is 19.2. The van der Waals surface area contributed by atoms with Gasteiger partial charge in [-0.25, -0.2) is 9.97 Å². The Morgan fingerprint density at radius 1 is 1.14 bits per heavy atom. The van der Waals surface area contributed by atoms with Crippen molar-refractivity contribution in [3.05, 3.63) is 77.8 Å². The molecule has 4 aromatic rings. The Hall–Kier alpha value is -3.16. The molecule has 0 bridgehead atoms. The number of para-hydroxylation sites is 1. The first-order valence-electron chi connectivity index (χ1n) is 9.02. The second-order valence-corrected chi connectivity index (χ2v) is 7.44. The standard InChI is InChI=1S/C22H19N3O3S/c1-14-12-15(29-22-23-10-5-11-24-22)8-9-18(14)25-21(26)20-17(13-27-2)16-6-3-4-7-19(16)28-20/h3-12H,13H2,1-2H3,(H,25,26). The molecule has 0 aliphatic carbocycles. The molecule has 0 radical (unpaired) electrons. The maximum atomic E-state index is 12.9. The Bertz CT molecular complexity index is 1160. The molecule has 6 nitrogen and oxygen atoms in total. The minimum absolute atomic E-state index is 0.267.